The molecule has 0 saturated carbocycles. The third-order valence-corrected chi connectivity index (χ3v) is 2.39. The monoisotopic (exact) mass is 232 g/mol. The van der Waals surface area contributed by atoms with Crippen molar-refractivity contribution in [2.45, 2.75) is 0 Å². The summed E-state index contributed by atoms with van der Waals surface area (Å²) in [5, 5.41) is 7.22. The molecule has 0 heterocycles. The Balaban J connectivity index is 2.11. The SMILES string of the molecule is O=C(NCCF)Nc1ccc2ccccc2c1. The minimum absolute atomic E-state index is 0.0272. The van der Waals surface area contributed by atoms with Crippen LogP contribution in [0.3, 0.4) is 0 Å². The number of anilines is 1. The summed E-state index contributed by atoms with van der Waals surface area (Å²) in [6.07, 6.45) is 0. The molecular formula is C13H13FN2O. The summed E-state index contributed by atoms with van der Waals surface area (Å²) in [5.74, 6) is 0. The summed E-state index contributed by atoms with van der Waals surface area (Å²) in [6.45, 7) is -0.537. The van der Waals surface area contributed by atoms with Gasteiger partial charge in [-0.05, 0) is 22.9 Å². The van der Waals surface area contributed by atoms with E-state index >= 15 is 0 Å². The first kappa shape index (κ1) is 11.4. The number of carbonyl (C=O) groups is 1. The number of alkyl halides is 1. The molecule has 2 rings (SSSR count). The fraction of sp³-hybridized carbons (Fsp3) is 0.154. The van der Waals surface area contributed by atoms with Crippen LogP contribution in [-0.4, -0.2) is 19.3 Å². The van der Waals surface area contributed by atoms with Gasteiger partial charge in [0, 0.05) is 12.2 Å². The Labute approximate surface area is 98.6 Å². The largest absolute Gasteiger partial charge is 0.335 e. The van der Waals surface area contributed by atoms with Gasteiger partial charge in [-0.25, -0.2) is 9.18 Å². The molecule has 88 valence electrons. The van der Waals surface area contributed by atoms with E-state index in [0.717, 1.165) is 10.8 Å². The van der Waals surface area contributed by atoms with Gasteiger partial charge in [-0.3, -0.25) is 0 Å². The first-order valence-electron chi connectivity index (χ1n) is 5.39. The van der Waals surface area contributed by atoms with Crippen LogP contribution in [-0.2, 0) is 0 Å². The van der Waals surface area contributed by atoms with Gasteiger partial charge in [0.15, 0.2) is 0 Å². The lowest BCUT2D eigenvalue weighted by atomic mass is 10.1. The molecule has 0 aromatic heterocycles. The average Bonchev–Trinajstić information content (AvgIpc) is 2.36. The van der Waals surface area contributed by atoms with Crippen LogP contribution in [0.4, 0.5) is 14.9 Å². The van der Waals surface area contributed by atoms with Crippen LogP contribution in [0.15, 0.2) is 42.5 Å². The first-order valence-corrected chi connectivity index (χ1v) is 5.39. The quantitative estimate of drug-likeness (QED) is 0.839. The van der Waals surface area contributed by atoms with Crippen molar-refractivity contribution in [1.82, 2.24) is 5.32 Å². The number of halogens is 1. The fourth-order valence-electron chi connectivity index (χ4n) is 1.60. The summed E-state index contributed by atoms with van der Waals surface area (Å²) >= 11 is 0. The molecule has 3 nitrogen and oxygen atoms in total. The highest BCUT2D eigenvalue weighted by Gasteiger charge is 2.01. The summed E-state index contributed by atoms with van der Waals surface area (Å²) in [7, 11) is 0. The molecule has 0 aliphatic rings. The smallest absolute Gasteiger partial charge is 0.319 e. The van der Waals surface area contributed by atoms with Crippen molar-refractivity contribution >= 4 is 22.5 Å². The van der Waals surface area contributed by atoms with Gasteiger partial charge in [-0.15, -0.1) is 0 Å². The van der Waals surface area contributed by atoms with Crippen molar-refractivity contribution in [2.24, 2.45) is 0 Å². The minimum Gasteiger partial charge on any atom is -0.335 e. The zero-order valence-electron chi connectivity index (χ0n) is 9.24. The Morgan fingerprint density at radius 2 is 1.88 bits per heavy atom. The average molecular weight is 232 g/mol. The molecule has 2 aromatic carbocycles. The Bertz CT molecular complexity index is 528. The van der Waals surface area contributed by atoms with Crippen LogP contribution in [0.1, 0.15) is 0 Å². The molecule has 0 saturated heterocycles. The van der Waals surface area contributed by atoms with Crippen molar-refractivity contribution in [3.05, 3.63) is 42.5 Å². The lowest BCUT2D eigenvalue weighted by molar-refractivity contribution is 0.251. The highest BCUT2D eigenvalue weighted by atomic mass is 19.1. The highest BCUT2D eigenvalue weighted by molar-refractivity contribution is 5.93. The van der Waals surface area contributed by atoms with Crippen molar-refractivity contribution in [2.75, 3.05) is 18.5 Å². The van der Waals surface area contributed by atoms with Crippen LogP contribution in [0.5, 0.6) is 0 Å². The third kappa shape index (κ3) is 2.93. The van der Waals surface area contributed by atoms with Gasteiger partial charge in [0.25, 0.3) is 0 Å². The van der Waals surface area contributed by atoms with Gasteiger partial charge in [0.05, 0.1) is 0 Å². The number of benzene rings is 2. The van der Waals surface area contributed by atoms with Gasteiger partial charge in [-0.2, -0.15) is 0 Å². The molecule has 2 N–H and O–H groups in total. The lowest BCUT2D eigenvalue weighted by Crippen LogP contribution is -2.30. The number of hydrogen-bond acceptors (Lipinski definition) is 1. The predicted octanol–water partition coefficient (Wildman–Crippen LogP) is 2.93. The van der Waals surface area contributed by atoms with E-state index in [1.807, 2.05) is 42.5 Å². The number of rotatable bonds is 3. The molecule has 0 aliphatic carbocycles. The Hall–Kier alpha value is -2.10. The summed E-state index contributed by atoms with van der Waals surface area (Å²) in [4.78, 5) is 11.3. The van der Waals surface area contributed by atoms with Crippen molar-refractivity contribution < 1.29 is 9.18 Å². The van der Waals surface area contributed by atoms with E-state index in [4.69, 9.17) is 0 Å². The number of hydrogen-bond donors (Lipinski definition) is 2. The van der Waals surface area contributed by atoms with Gasteiger partial charge in [0.1, 0.15) is 6.67 Å². The lowest BCUT2D eigenvalue weighted by Gasteiger charge is -2.07. The van der Waals surface area contributed by atoms with E-state index in [0.29, 0.717) is 5.69 Å². The van der Waals surface area contributed by atoms with E-state index in [1.54, 1.807) is 0 Å². The number of nitrogens with one attached hydrogen (secondary N) is 2. The third-order valence-electron chi connectivity index (χ3n) is 2.39. The second-order valence-corrected chi connectivity index (χ2v) is 3.63. The molecule has 0 bridgehead atoms. The Morgan fingerprint density at radius 1 is 1.12 bits per heavy atom. The molecule has 0 fully saturated rings. The van der Waals surface area contributed by atoms with Crippen molar-refractivity contribution in [3.63, 3.8) is 0 Å². The Morgan fingerprint density at radius 3 is 2.65 bits per heavy atom. The van der Waals surface area contributed by atoms with Crippen LogP contribution >= 0.6 is 0 Å². The van der Waals surface area contributed by atoms with Crippen LogP contribution in [0, 0.1) is 0 Å². The van der Waals surface area contributed by atoms with Gasteiger partial charge in [0.2, 0.25) is 0 Å². The van der Waals surface area contributed by atoms with Gasteiger partial charge < -0.3 is 10.6 Å². The predicted molar refractivity (Wildman–Crippen MR) is 66.9 cm³/mol. The fourth-order valence-corrected chi connectivity index (χ4v) is 1.60. The molecule has 0 aliphatic heterocycles. The summed E-state index contributed by atoms with van der Waals surface area (Å²) in [6, 6.07) is 13.1. The zero-order chi connectivity index (χ0) is 12.1. The molecule has 2 amide bonds. The molecule has 2 aromatic rings. The summed E-state index contributed by atoms with van der Waals surface area (Å²) < 4.78 is 11.9. The van der Waals surface area contributed by atoms with Crippen molar-refractivity contribution in [1.29, 1.82) is 0 Å². The van der Waals surface area contributed by atoms with Gasteiger partial charge >= 0.3 is 6.03 Å². The maximum Gasteiger partial charge on any atom is 0.319 e. The topological polar surface area (TPSA) is 41.1 Å². The standard InChI is InChI=1S/C13H13FN2O/c14-7-8-15-13(17)16-12-6-5-10-3-1-2-4-11(10)9-12/h1-6,9H,7-8H2,(H2,15,16,17). The van der Waals surface area contributed by atoms with Crippen molar-refractivity contribution in [3.8, 4) is 0 Å². The van der Waals surface area contributed by atoms with Crippen LogP contribution in [0.2, 0.25) is 0 Å². The molecule has 0 unspecified atom stereocenters. The van der Waals surface area contributed by atoms with E-state index in [-0.39, 0.29) is 6.54 Å². The molecule has 4 heteroatoms. The van der Waals surface area contributed by atoms with E-state index in [1.165, 1.54) is 0 Å². The summed E-state index contributed by atoms with van der Waals surface area (Å²) in [5.41, 5.74) is 0.694. The van der Waals surface area contributed by atoms with Crippen LogP contribution < -0.4 is 10.6 Å². The molecule has 0 radical (unpaired) electrons. The Kier molecular flexibility index (Phi) is 3.55. The normalized spacial score (nSPS) is 10.2. The zero-order valence-corrected chi connectivity index (χ0v) is 9.24. The molecule has 0 spiro atoms. The maximum absolute atomic E-state index is 11.9. The number of fused-ring (bicyclic) bond motifs is 1. The molecule has 17 heavy (non-hydrogen) atoms. The van der Waals surface area contributed by atoms with Gasteiger partial charge in [-0.1, -0.05) is 30.3 Å². The van der Waals surface area contributed by atoms with E-state index < -0.39 is 12.7 Å². The molecular weight excluding hydrogens is 219 g/mol. The second-order valence-electron chi connectivity index (χ2n) is 3.63. The van der Waals surface area contributed by atoms with Crippen LogP contribution in [0.25, 0.3) is 10.8 Å². The van der Waals surface area contributed by atoms with E-state index in [2.05, 4.69) is 10.6 Å². The van der Waals surface area contributed by atoms with E-state index in [9.17, 15) is 9.18 Å². The minimum atomic E-state index is -0.564. The number of carbonyl (C=O) groups excluding carboxylic acids is 1. The second kappa shape index (κ2) is 5.30. The number of amides is 2. The number of urea groups is 1. The highest BCUT2D eigenvalue weighted by Crippen LogP contribution is 2.18. The first-order chi connectivity index (χ1) is 8.29. The maximum atomic E-state index is 11.9. The molecule has 0 atom stereocenters.